The predicted molar refractivity (Wildman–Crippen MR) is 86.2 cm³/mol. The molecule has 2 aliphatic rings. The lowest BCUT2D eigenvalue weighted by atomic mass is 10.0. The van der Waals surface area contributed by atoms with Crippen LogP contribution in [0, 0.1) is 0 Å². The molecule has 0 bridgehead atoms. The van der Waals surface area contributed by atoms with Crippen molar-refractivity contribution < 1.29 is 14.7 Å². The van der Waals surface area contributed by atoms with E-state index in [0.29, 0.717) is 21.3 Å². The minimum Gasteiger partial charge on any atom is -0.506 e. The number of benzene rings is 1. The van der Waals surface area contributed by atoms with Gasteiger partial charge in [-0.1, -0.05) is 12.1 Å². The van der Waals surface area contributed by atoms with Gasteiger partial charge in [0.25, 0.3) is 0 Å². The first kappa shape index (κ1) is 14.3. The van der Waals surface area contributed by atoms with Gasteiger partial charge in [0.2, 0.25) is 0 Å². The van der Waals surface area contributed by atoms with Crippen LogP contribution in [-0.2, 0) is 4.79 Å². The van der Waals surface area contributed by atoms with E-state index in [-0.39, 0.29) is 17.2 Å². The van der Waals surface area contributed by atoms with Gasteiger partial charge in [-0.15, -0.1) is 0 Å². The Hall–Kier alpha value is -2.60. The molecule has 1 aromatic rings. The fourth-order valence-electron chi connectivity index (χ4n) is 2.45. The van der Waals surface area contributed by atoms with Gasteiger partial charge in [-0.25, -0.2) is 4.79 Å². The van der Waals surface area contributed by atoms with E-state index in [1.807, 2.05) is 0 Å². The molecule has 0 saturated carbocycles. The summed E-state index contributed by atoms with van der Waals surface area (Å²) in [6, 6.07) is 6.30. The fraction of sp³-hybridized carbons (Fsp3) is 0. The number of rotatable bonds is 2. The number of carbonyl (C=O) groups excluding carboxylic acids is 2. The summed E-state index contributed by atoms with van der Waals surface area (Å²) < 4.78 is 0.656. The molecule has 0 radical (unpaired) electrons. The number of para-hydroxylation sites is 1. The second kappa shape index (κ2) is 5.31. The average Bonchev–Trinajstić information content (AvgIpc) is 2.76. The van der Waals surface area contributed by atoms with Crippen molar-refractivity contribution in [3.8, 4) is 0 Å². The first-order chi connectivity index (χ1) is 10.5. The van der Waals surface area contributed by atoms with Crippen LogP contribution in [0.1, 0.15) is 0 Å². The molecule has 0 atom stereocenters. The van der Waals surface area contributed by atoms with E-state index >= 15 is 0 Å². The Morgan fingerprint density at radius 1 is 1.18 bits per heavy atom. The van der Waals surface area contributed by atoms with Crippen molar-refractivity contribution in [2.24, 2.45) is 5.73 Å². The highest BCUT2D eigenvalue weighted by Crippen LogP contribution is 2.38. The molecule has 6 heteroatoms. The lowest BCUT2D eigenvalue weighted by Crippen LogP contribution is -2.36. The fourth-order valence-corrected chi connectivity index (χ4v) is 2.91. The van der Waals surface area contributed by atoms with E-state index in [1.165, 1.54) is 23.1 Å². The van der Waals surface area contributed by atoms with Crippen LogP contribution in [0.2, 0.25) is 0 Å². The third-order valence-electron chi connectivity index (χ3n) is 3.35. The van der Waals surface area contributed by atoms with Gasteiger partial charge in [0.05, 0.1) is 5.69 Å². The van der Waals surface area contributed by atoms with Gasteiger partial charge >= 0.3 is 6.03 Å². The summed E-state index contributed by atoms with van der Waals surface area (Å²) in [5.74, 6) is -0.286. The second-order valence-electron chi connectivity index (χ2n) is 4.75. The van der Waals surface area contributed by atoms with Crippen molar-refractivity contribution in [1.82, 2.24) is 0 Å². The van der Waals surface area contributed by atoms with Crippen molar-refractivity contribution >= 4 is 33.4 Å². The van der Waals surface area contributed by atoms with Crippen LogP contribution in [0.25, 0.3) is 0 Å². The Balaban J connectivity index is 2.21. The highest BCUT2D eigenvalue weighted by atomic mass is 79.9. The van der Waals surface area contributed by atoms with Gasteiger partial charge in [-0.3, -0.25) is 9.69 Å². The maximum absolute atomic E-state index is 12.0. The number of ketones is 1. The summed E-state index contributed by atoms with van der Waals surface area (Å²) in [6.07, 6.45) is 5.79. The van der Waals surface area contributed by atoms with E-state index in [9.17, 15) is 14.7 Å². The third-order valence-corrected chi connectivity index (χ3v) is 4.02. The molecule has 2 amide bonds. The molecule has 0 heterocycles. The van der Waals surface area contributed by atoms with Gasteiger partial charge in [0, 0.05) is 10.0 Å². The summed E-state index contributed by atoms with van der Waals surface area (Å²) >= 11 is 3.37. The smallest absolute Gasteiger partial charge is 0.324 e. The number of aliphatic hydroxyl groups excluding tert-OH is 1. The summed E-state index contributed by atoms with van der Waals surface area (Å²) in [5.41, 5.74) is 7.40. The van der Waals surface area contributed by atoms with E-state index in [4.69, 9.17) is 5.73 Å². The molecular formula is C16H11BrN2O3. The third kappa shape index (κ3) is 2.27. The molecule has 1 aromatic carbocycles. The molecule has 3 N–H and O–H groups in total. The van der Waals surface area contributed by atoms with E-state index in [2.05, 4.69) is 15.9 Å². The molecule has 3 rings (SSSR count). The number of primary amides is 1. The van der Waals surface area contributed by atoms with Crippen LogP contribution in [0.4, 0.5) is 10.5 Å². The first-order valence-corrected chi connectivity index (χ1v) is 7.22. The maximum atomic E-state index is 12.0. The topological polar surface area (TPSA) is 83.6 Å². The number of fused-ring (bicyclic) bond motifs is 1. The van der Waals surface area contributed by atoms with Crippen molar-refractivity contribution in [2.45, 2.75) is 0 Å². The molecule has 22 heavy (non-hydrogen) atoms. The van der Waals surface area contributed by atoms with Crippen molar-refractivity contribution in [1.29, 1.82) is 0 Å². The first-order valence-electron chi connectivity index (χ1n) is 6.42. The number of urea groups is 1. The Bertz CT molecular complexity index is 818. The lowest BCUT2D eigenvalue weighted by molar-refractivity contribution is -0.110. The molecule has 5 nitrogen and oxygen atoms in total. The molecule has 0 spiro atoms. The largest absolute Gasteiger partial charge is 0.506 e. The average molecular weight is 359 g/mol. The Morgan fingerprint density at radius 3 is 2.59 bits per heavy atom. The zero-order valence-corrected chi connectivity index (χ0v) is 12.9. The molecule has 2 aliphatic carbocycles. The normalized spacial score (nSPS) is 16.3. The van der Waals surface area contributed by atoms with E-state index in [0.717, 1.165) is 0 Å². The Kier molecular flexibility index (Phi) is 3.46. The summed E-state index contributed by atoms with van der Waals surface area (Å²) in [6.45, 7) is 0. The molecular weight excluding hydrogens is 348 g/mol. The molecule has 110 valence electrons. The highest BCUT2D eigenvalue weighted by molar-refractivity contribution is 9.10. The monoisotopic (exact) mass is 358 g/mol. The van der Waals surface area contributed by atoms with Gasteiger partial charge in [0.15, 0.2) is 5.78 Å². The molecule has 0 fully saturated rings. The predicted octanol–water partition coefficient (Wildman–Crippen LogP) is 3.11. The van der Waals surface area contributed by atoms with Gasteiger partial charge in [0.1, 0.15) is 11.5 Å². The molecule has 0 aromatic heterocycles. The van der Waals surface area contributed by atoms with Crippen molar-refractivity contribution in [3.63, 3.8) is 0 Å². The number of nitrogens with zero attached hydrogens (tertiary/aromatic N) is 1. The minimum absolute atomic E-state index is 0.116. The standard InChI is InChI=1S/C16H11BrN2O3/c17-12-3-1-2-4-13(12)19(16(18)22)15-11-6-5-10(20)7-9(11)8-14(15)21/h1-8,21H,(H2,18,22). The number of carbonyl (C=O) groups is 2. The maximum Gasteiger partial charge on any atom is 0.324 e. The van der Waals surface area contributed by atoms with Crippen molar-refractivity contribution in [2.75, 3.05) is 4.90 Å². The number of amides is 2. The molecule has 0 aliphatic heterocycles. The number of allylic oxidation sites excluding steroid dienone is 6. The lowest BCUT2D eigenvalue weighted by Gasteiger charge is -2.24. The SMILES string of the molecule is NC(=O)N(C1=C2C=CC(=O)C=C2C=C1O)c1ccccc1Br. The van der Waals surface area contributed by atoms with E-state index in [1.54, 1.807) is 30.3 Å². The van der Waals surface area contributed by atoms with Crippen LogP contribution < -0.4 is 10.6 Å². The number of halogens is 1. The van der Waals surface area contributed by atoms with Gasteiger partial charge < -0.3 is 10.8 Å². The molecule has 0 saturated heterocycles. The summed E-state index contributed by atoms with van der Waals surface area (Å²) in [5, 5.41) is 10.2. The molecule has 0 unspecified atom stereocenters. The summed E-state index contributed by atoms with van der Waals surface area (Å²) in [7, 11) is 0. The number of hydrogen-bond acceptors (Lipinski definition) is 3. The number of nitrogens with two attached hydrogens (primary N) is 1. The number of aliphatic hydroxyl groups is 1. The second-order valence-corrected chi connectivity index (χ2v) is 5.61. The highest BCUT2D eigenvalue weighted by Gasteiger charge is 2.31. The Morgan fingerprint density at radius 2 is 1.91 bits per heavy atom. The minimum atomic E-state index is -0.735. The quantitative estimate of drug-likeness (QED) is 0.851. The van der Waals surface area contributed by atoms with Crippen molar-refractivity contribution in [3.05, 3.63) is 75.6 Å². The zero-order valence-electron chi connectivity index (χ0n) is 11.3. The summed E-state index contributed by atoms with van der Waals surface area (Å²) in [4.78, 5) is 24.6. The number of anilines is 1. The number of hydrogen-bond donors (Lipinski definition) is 2. The van der Waals surface area contributed by atoms with Crippen LogP contribution in [0.15, 0.2) is 75.6 Å². The van der Waals surface area contributed by atoms with Gasteiger partial charge in [-0.2, -0.15) is 0 Å². The Labute approximate surface area is 134 Å². The van der Waals surface area contributed by atoms with Gasteiger partial charge in [-0.05, 0) is 57.9 Å². The van der Waals surface area contributed by atoms with Crippen LogP contribution in [-0.4, -0.2) is 16.9 Å². The van der Waals surface area contributed by atoms with Crippen LogP contribution >= 0.6 is 15.9 Å². The van der Waals surface area contributed by atoms with E-state index < -0.39 is 6.03 Å². The van der Waals surface area contributed by atoms with Crippen LogP contribution in [0.3, 0.4) is 0 Å². The zero-order chi connectivity index (χ0) is 15.9. The van der Waals surface area contributed by atoms with Crippen LogP contribution in [0.5, 0.6) is 0 Å².